The third-order valence-corrected chi connectivity index (χ3v) is 2.52. The molecule has 1 aromatic rings. The molecule has 1 heterocycles. The Balaban J connectivity index is 3.46. The zero-order chi connectivity index (χ0) is 14.3. The Kier molecular flexibility index (Phi) is 5.42. The van der Waals surface area contributed by atoms with E-state index in [0.29, 0.717) is 0 Å². The minimum atomic E-state index is 0.745. The molecule has 96 valence electrons. The van der Waals surface area contributed by atoms with Crippen LogP contribution in [0.5, 0.6) is 0 Å². The highest BCUT2D eigenvalue weighted by atomic mass is 15.1. The first-order chi connectivity index (χ1) is 9.21. The molecule has 0 saturated heterocycles. The van der Waals surface area contributed by atoms with Gasteiger partial charge in [-0.1, -0.05) is 50.6 Å². The van der Waals surface area contributed by atoms with Crippen molar-refractivity contribution in [2.24, 2.45) is 0 Å². The highest BCUT2D eigenvalue weighted by Gasteiger charge is 2.10. The van der Waals surface area contributed by atoms with Crippen LogP contribution in [0.2, 0.25) is 0 Å². The second-order valence-corrected chi connectivity index (χ2v) is 3.66. The highest BCUT2D eigenvalue weighted by Crippen LogP contribution is 2.22. The molecule has 0 aliphatic carbocycles. The van der Waals surface area contributed by atoms with E-state index >= 15 is 0 Å². The molecule has 1 rings (SSSR count). The molecule has 3 nitrogen and oxygen atoms in total. The first kappa shape index (κ1) is 14.6. The van der Waals surface area contributed by atoms with Crippen LogP contribution in [0.3, 0.4) is 0 Å². The Hall–Kier alpha value is -2.49. The van der Waals surface area contributed by atoms with Gasteiger partial charge in [-0.2, -0.15) is 0 Å². The van der Waals surface area contributed by atoms with Crippen LogP contribution in [-0.4, -0.2) is 17.5 Å². The van der Waals surface area contributed by atoms with Crippen LogP contribution in [-0.2, 0) is 0 Å². The monoisotopic (exact) mass is 251 g/mol. The lowest BCUT2D eigenvalue weighted by Crippen LogP contribution is -2.00. The van der Waals surface area contributed by atoms with Crippen molar-refractivity contribution in [3.63, 3.8) is 0 Å². The summed E-state index contributed by atoms with van der Waals surface area (Å²) in [5.41, 5.74) is 1.84. The molecule has 0 atom stereocenters. The van der Waals surface area contributed by atoms with Gasteiger partial charge in [-0.15, -0.1) is 0 Å². The van der Waals surface area contributed by atoms with Crippen LogP contribution in [0.4, 0.5) is 5.82 Å². The van der Waals surface area contributed by atoms with Crippen molar-refractivity contribution in [3.05, 3.63) is 74.3 Å². The molecule has 0 spiro atoms. The van der Waals surface area contributed by atoms with Gasteiger partial charge in [0.1, 0.15) is 11.6 Å². The van der Waals surface area contributed by atoms with E-state index in [1.54, 1.807) is 24.3 Å². The van der Waals surface area contributed by atoms with Crippen molar-refractivity contribution >= 4 is 25.6 Å². The van der Waals surface area contributed by atoms with Crippen LogP contribution in [0, 0.1) is 0 Å². The Bertz CT molecular complexity index is 562. The fraction of sp³-hybridized carbons (Fsp3) is 0. The number of allylic oxidation sites excluding steroid dienone is 7. The number of hydrogen-bond donors (Lipinski definition) is 1. The van der Waals surface area contributed by atoms with Gasteiger partial charge in [-0.25, -0.2) is 4.98 Å². The normalized spacial score (nSPS) is 11.8. The van der Waals surface area contributed by atoms with Crippen molar-refractivity contribution < 1.29 is 0 Å². The Morgan fingerprint density at radius 1 is 1.21 bits per heavy atom. The number of rotatable bonds is 7. The zero-order valence-corrected chi connectivity index (χ0v) is 11.3. The molecular formula is C15H18BN3. The molecule has 1 N–H and O–H groups in total. The number of aromatic nitrogens is 2. The summed E-state index contributed by atoms with van der Waals surface area (Å²) < 4.78 is 1.93. The number of anilines is 1. The van der Waals surface area contributed by atoms with Crippen molar-refractivity contribution in [2.45, 2.75) is 0 Å². The Labute approximate surface area is 115 Å². The first-order valence-electron chi connectivity index (χ1n) is 5.90. The van der Waals surface area contributed by atoms with Gasteiger partial charge in [-0.3, -0.25) is 4.57 Å². The number of hydrogen-bond acceptors (Lipinski definition) is 2. The maximum absolute atomic E-state index is 4.40. The van der Waals surface area contributed by atoms with Gasteiger partial charge >= 0.3 is 0 Å². The molecule has 4 heteroatoms. The molecular weight excluding hydrogens is 233 g/mol. The van der Waals surface area contributed by atoms with E-state index < -0.39 is 0 Å². The quantitative estimate of drug-likeness (QED) is 0.596. The Morgan fingerprint density at radius 2 is 1.89 bits per heavy atom. The molecule has 0 radical (unpaired) electrons. The second-order valence-electron chi connectivity index (χ2n) is 3.66. The lowest BCUT2D eigenvalue weighted by Gasteiger charge is -2.11. The molecule has 0 bridgehead atoms. The van der Waals surface area contributed by atoms with Crippen LogP contribution in [0.1, 0.15) is 5.82 Å². The molecule has 0 aliphatic rings. The third-order valence-electron chi connectivity index (χ3n) is 2.52. The lowest BCUT2D eigenvalue weighted by molar-refractivity contribution is 1.06. The number of imidazole rings is 1. The summed E-state index contributed by atoms with van der Waals surface area (Å²) in [6.45, 7) is 15.1. The second kappa shape index (κ2) is 7.06. The van der Waals surface area contributed by atoms with Gasteiger partial charge in [0.25, 0.3) is 0 Å². The minimum absolute atomic E-state index is 0.745. The van der Waals surface area contributed by atoms with Crippen LogP contribution < -0.4 is 5.23 Å². The summed E-state index contributed by atoms with van der Waals surface area (Å²) in [5.74, 6) is 1.51. The molecule has 0 amide bonds. The summed E-state index contributed by atoms with van der Waals surface area (Å²) in [6.07, 6.45) is 12.6. The smallest absolute Gasteiger partial charge is 0.215 e. The number of nitrogens with one attached hydrogen (secondary N) is 1. The maximum Gasteiger partial charge on any atom is 0.215 e. The fourth-order valence-corrected chi connectivity index (χ4v) is 1.66. The highest BCUT2D eigenvalue weighted by molar-refractivity contribution is 6.15. The molecule has 0 aliphatic heterocycles. The van der Waals surface area contributed by atoms with Crippen molar-refractivity contribution in [1.82, 2.24) is 9.55 Å². The van der Waals surface area contributed by atoms with E-state index in [1.807, 2.05) is 30.9 Å². The van der Waals surface area contributed by atoms with E-state index in [2.05, 4.69) is 36.5 Å². The van der Waals surface area contributed by atoms with E-state index in [1.165, 1.54) is 0 Å². The summed E-state index contributed by atoms with van der Waals surface area (Å²) in [5, 5.41) is 3.01. The predicted octanol–water partition coefficient (Wildman–Crippen LogP) is 2.81. The van der Waals surface area contributed by atoms with E-state index in [4.69, 9.17) is 0 Å². The van der Waals surface area contributed by atoms with E-state index in [-0.39, 0.29) is 0 Å². The van der Waals surface area contributed by atoms with Crippen molar-refractivity contribution in [1.29, 1.82) is 0 Å². The molecule has 1 aromatic heterocycles. The molecule has 19 heavy (non-hydrogen) atoms. The van der Waals surface area contributed by atoms with Crippen molar-refractivity contribution in [3.8, 4) is 0 Å². The molecule has 0 saturated carbocycles. The molecule has 0 aromatic carbocycles. The average molecular weight is 251 g/mol. The van der Waals surface area contributed by atoms with Gasteiger partial charge in [0.2, 0.25) is 7.98 Å². The minimum Gasteiger partial charge on any atom is -0.418 e. The van der Waals surface area contributed by atoms with E-state index in [9.17, 15) is 0 Å². The third kappa shape index (κ3) is 3.25. The van der Waals surface area contributed by atoms with Crippen LogP contribution in [0.15, 0.2) is 68.5 Å². The van der Waals surface area contributed by atoms with Gasteiger partial charge in [0, 0.05) is 0 Å². The molecule has 0 fully saturated rings. The Morgan fingerprint density at radius 3 is 2.37 bits per heavy atom. The van der Waals surface area contributed by atoms with Gasteiger partial charge in [-0.05, 0) is 17.7 Å². The summed E-state index contributed by atoms with van der Waals surface area (Å²) in [4.78, 5) is 4.40. The average Bonchev–Trinajstić information content (AvgIpc) is 2.85. The topological polar surface area (TPSA) is 29.9 Å². The largest absolute Gasteiger partial charge is 0.418 e. The standard InChI is InChI=1S/C15H18BN3/c1-5-9-12(7-3)13(10-6-2)19-11-14(18-16)17-15(19)8-4/h5-11,18H,1-4,16H2/b12-9+,13-10-. The van der Waals surface area contributed by atoms with Crippen LogP contribution in [0.25, 0.3) is 11.8 Å². The van der Waals surface area contributed by atoms with Gasteiger partial charge in [0.05, 0.1) is 11.9 Å². The van der Waals surface area contributed by atoms with Crippen molar-refractivity contribution in [2.75, 3.05) is 5.23 Å². The SMILES string of the molecule is BNc1cn(C(=C\C=C)/C(C=C)=C/C=C)c(C=C)n1. The van der Waals surface area contributed by atoms with Gasteiger partial charge < -0.3 is 5.23 Å². The first-order valence-corrected chi connectivity index (χ1v) is 5.90. The lowest BCUT2D eigenvalue weighted by atomic mass is 10.1. The van der Waals surface area contributed by atoms with Crippen LogP contribution >= 0.6 is 0 Å². The van der Waals surface area contributed by atoms with E-state index in [0.717, 1.165) is 22.9 Å². The molecule has 0 unspecified atom stereocenters. The summed E-state index contributed by atoms with van der Waals surface area (Å²) in [7, 11) is 1.82. The van der Waals surface area contributed by atoms with Gasteiger partial charge in [0.15, 0.2) is 0 Å². The maximum atomic E-state index is 4.40. The fourth-order valence-electron chi connectivity index (χ4n) is 1.66. The summed E-state index contributed by atoms with van der Waals surface area (Å²) in [6, 6.07) is 0. The number of nitrogens with zero attached hydrogens (tertiary/aromatic N) is 2. The zero-order valence-electron chi connectivity index (χ0n) is 11.3. The summed E-state index contributed by atoms with van der Waals surface area (Å²) >= 11 is 0. The predicted molar refractivity (Wildman–Crippen MR) is 87.4 cm³/mol.